The van der Waals surface area contributed by atoms with Crippen molar-refractivity contribution in [2.75, 3.05) is 31.2 Å². The first-order chi connectivity index (χ1) is 9.06. The molecule has 0 bridgehead atoms. The summed E-state index contributed by atoms with van der Waals surface area (Å²) in [6.07, 6.45) is 2.75. The normalized spacial score (nSPS) is 15.0. The van der Waals surface area contributed by atoms with Gasteiger partial charge in [0.1, 0.15) is 5.82 Å². The van der Waals surface area contributed by atoms with Crippen LogP contribution in [-0.2, 0) is 0 Å². The summed E-state index contributed by atoms with van der Waals surface area (Å²) in [7, 11) is 2.17. The third kappa shape index (κ3) is 4.28. The zero-order valence-corrected chi connectivity index (χ0v) is 12.0. The summed E-state index contributed by atoms with van der Waals surface area (Å²) in [5, 5.41) is 3.31. The average Bonchev–Trinajstić information content (AvgIpc) is 3.16. The topological polar surface area (TPSA) is 63.4 Å². The van der Waals surface area contributed by atoms with Gasteiger partial charge in [0, 0.05) is 19.1 Å². The van der Waals surface area contributed by atoms with Crippen molar-refractivity contribution in [2.24, 2.45) is 0 Å². The number of rotatable bonds is 7. The number of ether oxygens (including phenoxy) is 1. The van der Waals surface area contributed by atoms with Gasteiger partial charge in [0.15, 0.2) is 0 Å². The molecule has 1 aliphatic rings. The second-order valence-electron chi connectivity index (χ2n) is 5.40. The number of nitrogens with zero attached hydrogens (tertiary/aromatic N) is 2. The van der Waals surface area contributed by atoms with E-state index in [-0.39, 0.29) is 6.10 Å². The molecule has 106 valence electrons. The van der Waals surface area contributed by atoms with E-state index in [2.05, 4.69) is 22.2 Å². The molecular weight excluding hydrogens is 240 g/mol. The van der Waals surface area contributed by atoms with Crippen molar-refractivity contribution in [2.45, 2.75) is 38.8 Å². The third-order valence-electron chi connectivity index (χ3n) is 3.18. The Morgan fingerprint density at radius 2 is 2.21 bits per heavy atom. The molecule has 0 atom stereocenters. The van der Waals surface area contributed by atoms with Gasteiger partial charge in [-0.15, -0.1) is 0 Å². The molecule has 1 aliphatic carbocycles. The van der Waals surface area contributed by atoms with Gasteiger partial charge in [-0.3, -0.25) is 0 Å². The van der Waals surface area contributed by atoms with Crippen LogP contribution in [0, 0.1) is 0 Å². The summed E-state index contributed by atoms with van der Waals surface area (Å²) >= 11 is 0. The smallest absolute Gasteiger partial charge is 0.239 e. The van der Waals surface area contributed by atoms with Crippen molar-refractivity contribution < 1.29 is 4.74 Å². The highest BCUT2D eigenvalue weighted by atomic mass is 16.5. The highest BCUT2D eigenvalue weighted by Crippen LogP contribution is 2.25. The Morgan fingerprint density at radius 3 is 2.84 bits per heavy atom. The Kier molecular flexibility index (Phi) is 4.47. The Hall–Kier alpha value is -1.49. The molecular formula is C14H24N4O. The number of aromatic nitrogens is 1. The molecule has 0 saturated heterocycles. The number of hydrogen-bond donors (Lipinski definition) is 2. The van der Waals surface area contributed by atoms with Gasteiger partial charge in [0.2, 0.25) is 5.88 Å². The van der Waals surface area contributed by atoms with Crippen LogP contribution >= 0.6 is 0 Å². The zero-order chi connectivity index (χ0) is 13.8. The van der Waals surface area contributed by atoms with E-state index in [9.17, 15) is 0 Å². The average molecular weight is 264 g/mol. The minimum Gasteiger partial charge on any atom is -0.473 e. The van der Waals surface area contributed by atoms with Crippen LogP contribution in [0.25, 0.3) is 0 Å². The number of nitrogens with two attached hydrogens (primary N) is 1. The SMILES string of the molecule is CC(C)Oc1nc(NCCN(C)C2CC2)ccc1N. The van der Waals surface area contributed by atoms with Gasteiger partial charge >= 0.3 is 0 Å². The fourth-order valence-corrected chi connectivity index (χ4v) is 1.93. The lowest BCUT2D eigenvalue weighted by molar-refractivity contribution is 0.234. The summed E-state index contributed by atoms with van der Waals surface area (Å²) < 4.78 is 5.57. The van der Waals surface area contributed by atoms with E-state index in [1.54, 1.807) is 0 Å². The van der Waals surface area contributed by atoms with Crippen molar-refractivity contribution >= 4 is 11.5 Å². The quantitative estimate of drug-likeness (QED) is 0.788. The molecule has 0 radical (unpaired) electrons. The molecule has 2 rings (SSSR count). The molecule has 0 amide bonds. The van der Waals surface area contributed by atoms with Gasteiger partial charge in [0.05, 0.1) is 11.8 Å². The molecule has 1 aromatic rings. The monoisotopic (exact) mass is 264 g/mol. The summed E-state index contributed by atoms with van der Waals surface area (Å²) in [5.41, 5.74) is 6.42. The molecule has 1 aromatic heterocycles. The highest BCUT2D eigenvalue weighted by Gasteiger charge is 2.25. The van der Waals surface area contributed by atoms with Crippen LogP contribution in [0.2, 0.25) is 0 Å². The highest BCUT2D eigenvalue weighted by molar-refractivity contribution is 5.53. The summed E-state index contributed by atoms with van der Waals surface area (Å²) in [6.45, 7) is 5.83. The fourth-order valence-electron chi connectivity index (χ4n) is 1.93. The number of pyridine rings is 1. The first-order valence-corrected chi connectivity index (χ1v) is 6.93. The maximum Gasteiger partial charge on any atom is 0.239 e. The van der Waals surface area contributed by atoms with Gasteiger partial charge in [-0.1, -0.05) is 0 Å². The van der Waals surface area contributed by atoms with Gasteiger partial charge in [0.25, 0.3) is 0 Å². The van der Waals surface area contributed by atoms with Gasteiger partial charge < -0.3 is 20.7 Å². The minimum absolute atomic E-state index is 0.0750. The predicted molar refractivity (Wildman–Crippen MR) is 78.6 cm³/mol. The molecule has 1 heterocycles. The molecule has 19 heavy (non-hydrogen) atoms. The van der Waals surface area contributed by atoms with Crippen LogP contribution < -0.4 is 15.8 Å². The van der Waals surface area contributed by atoms with E-state index in [0.717, 1.165) is 24.9 Å². The van der Waals surface area contributed by atoms with E-state index in [0.29, 0.717) is 11.6 Å². The van der Waals surface area contributed by atoms with E-state index < -0.39 is 0 Å². The second kappa shape index (κ2) is 6.10. The Bertz CT molecular complexity index is 418. The maximum atomic E-state index is 5.84. The van der Waals surface area contributed by atoms with E-state index >= 15 is 0 Å². The molecule has 5 nitrogen and oxygen atoms in total. The summed E-state index contributed by atoms with van der Waals surface area (Å²) in [6, 6.07) is 4.51. The molecule has 0 unspecified atom stereocenters. The van der Waals surface area contributed by atoms with E-state index in [1.165, 1.54) is 12.8 Å². The number of anilines is 2. The van der Waals surface area contributed by atoms with Crippen LogP contribution in [-0.4, -0.2) is 42.2 Å². The lowest BCUT2D eigenvalue weighted by Crippen LogP contribution is -2.27. The Balaban J connectivity index is 1.85. The van der Waals surface area contributed by atoms with Crippen LogP contribution in [0.4, 0.5) is 11.5 Å². The van der Waals surface area contributed by atoms with Crippen molar-refractivity contribution in [3.05, 3.63) is 12.1 Å². The first-order valence-electron chi connectivity index (χ1n) is 6.93. The first kappa shape index (κ1) is 13.9. The summed E-state index contributed by atoms with van der Waals surface area (Å²) in [4.78, 5) is 6.78. The van der Waals surface area contributed by atoms with Crippen molar-refractivity contribution in [3.8, 4) is 5.88 Å². The molecule has 0 spiro atoms. The number of likely N-dealkylation sites (N-methyl/N-ethyl adjacent to an activating group) is 1. The Morgan fingerprint density at radius 1 is 1.47 bits per heavy atom. The van der Waals surface area contributed by atoms with Crippen molar-refractivity contribution in [1.82, 2.24) is 9.88 Å². The standard InChI is InChI=1S/C14H24N4O/c1-10(2)19-14-12(15)6-7-13(17-14)16-8-9-18(3)11-4-5-11/h6-7,10-11H,4-5,8-9,15H2,1-3H3,(H,16,17). The molecule has 0 aromatic carbocycles. The minimum atomic E-state index is 0.0750. The predicted octanol–water partition coefficient (Wildman–Crippen LogP) is 1.96. The lowest BCUT2D eigenvalue weighted by atomic mass is 10.4. The molecule has 0 aliphatic heterocycles. The summed E-state index contributed by atoms with van der Waals surface area (Å²) in [5.74, 6) is 1.32. The van der Waals surface area contributed by atoms with Crippen LogP contribution in [0.15, 0.2) is 12.1 Å². The molecule has 3 N–H and O–H groups in total. The van der Waals surface area contributed by atoms with Crippen molar-refractivity contribution in [3.63, 3.8) is 0 Å². The van der Waals surface area contributed by atoms with Gasteiger partial charge in [-0.05, 0) is 45.9 Å². The number of hydrogen-bond acceptors (Lipinski definition) is 5. The number of nitrogen functional groups attached to an aromatic ring is 1. The van der Waals surface area contributed by atoms with Crippen LogP contribution in [0.5, 0.6) is 5.88 Å². The fraction of sp³-hybridized carbons (Fsp3) is 0.643. The Labute approximate surface area is 115 Å². The molecule has 5 heteroatoms. The van der Waals surface area contributed by atoms with Crippen LogP contribution in [0.1, 0.15) is 26.7 Å². The maximum absolute atomic E-state index is 5.84. The number of nitrogens with one attached hydrogen (secondary N) is 1. The van der Waals surface area contributed by atoms with Gasteiger partial charge in [-0.2, -0.15) is 4.98 Å². The molecule has 1 saturated carbocycles. The van der Waals surface area contributed by atoms with Crippen LogP contribution in [0.3, 0.4) is 0 Å². The van der Waals surface area contributed by atoms with Crippen molar-refractivity contribution in [1.29, 1.82) is 0 Å². The van der Waals surface area contributed by atoms with Gasteiger partial charge in [-0.25, -0.2) is 0 Å². The molecule has 1 fully saturated rings. The van der Waals surface area contributed by atoms with E-state index in [1.807, 2.05) is 26.0 Å². The largest absolute Gasteiger partial charge is 0.473 e. The second-order valence-corrected chi connectivity index (χ2v) is 5.40. The third-order valence-corrected chi connectivity index (χ3v) is 3.18. The van der Waals surface area contributed by atoms with E-state index in [4.69, 9.17) is 10.5 Å². The lowest BCUT2D eigenvalue weighted by Gasteiger charge is -2.17. The zero-order valence-electron chi connectivity index (χ0n) is 12.0.